The molecule has 1 aliphatic heterocycles. The predicted octanol–water partition coefficient (Wildman–Crippen LogP) is 3.47. The van der Waals surface area contributed by atoms with E-state index >= 15 is 0 Å². The molecule has 0 radical (unpaired) electrons. The molecule has 29 heavy (non-hydrogen) atoms. The van der Waals surface area contributed by atoms with Gasteiger partial charge in [-0.2, -0.15) is 13.2 Å². The lowest BCUT2D eigenvalue weighted by Gasteiger charge is -2.33. The van der Waals surface area contributed by atoms with E-state index in [1.165, 1.54) is 20.2 Å². The Balaban J connectivity index is 1.94. The molecule has 0 amide bonds. The number of sulfonamides is 1. The van der Waals surface area contributed by atoms with Crippen LogP contribution in [0.5, 0.6) is 0 Å². The Kier molecular flexibility index (Phi) is 6.26. The molecule has 1 fully saturated rings. The number of likely N-dealkylation sites (tertiary alicyclic amines) is 1. The Bertz CT molecular complexity index is 970. The van der Waals surface area contributed by atoms with Gasteiger partial charge < -0.3 is 4.57 Å². The van der Waals surface area contributed by atoms with Crippen LogP contribution in [-0.4, -0.2) is 60.5 Å². The van der Waals surface area contributed by atoms with Gasteiger partial charge in [-0.3, -0.25) is 4.90 Å². The van der Waals surface area contributed by atoms with Gasteiger partial charge >= 0.3 is 6.18 Å². The number of alkyl halides is 3. The first-order valence-electron chi connectivity index (χ1n) is 9.74. The quantitative estimate of drug-likeness (QED) is 0.701. The van der Waals surface area contributed by atoms with Crippen molar-refractivity contribution in [1.29, 1.82) is 0 Å². The van der Waals surface area contributed by atoms with Crippen LogP contribution >= 0.6 is 0 Å². The van der Waals surface area contributed by atoms with Crippen LogP contribution in [0.2, 0.25) is 0 Å². The third kappa shape index (κ3) is 4.59. The Hall–Kier alpha value is -1.65. The van der Waals surface area contributed by atoms with Crippen molar-refractivity contribution in [3.63, 3.8) is 0 Å². The van der Waals surface area contributed by atoms with E-state index in [1.807, 2.05) is 11.5 Å². The van der Waals surface area contributed by atoms with Gasteiger partial charge in [0.25, 0.3) is 0 Å². The van der Waals surface area contributed by atoms with Gasteiger partial charge in [0.05, 0.1) is 28.4 Å². The molecule has 0 spiro atoms. The Labute approximate surface area is 169 Å². The zero-order valence-electron chi connectivity index (χ0n) is 16.9. The maximum absolute atomic E-state index is 13.1. The summed E-state index contributed by atoms with van der Waals surface area (Å²) >= 11 is 0. The number of rotatable bonds is 6. The molecule has 2 heterocycles. The van der Waals surface area contributed by atoms with Crippen LogP contribution in [0.25, 0.3) is 11.0 Å². The fraction of sp³-hybridized carbons (Fsp3) is 0.632. The highest BCUT2D eigenvalue weighted by atomic mass is 32.2. The zero-order valence-corrected chi connectivity index (χ0v) is 17.7. The molecule has 0 saturated carbocycles. The topological polar surface area (TPSA) is 58.4 Å². The number of benzene rings is 1. The lowest BCUT2D eigenvalue weighted by molar-refractivity contribution is -0.187. The zero-order chi connectivity index (χ0) is 21.4. The van der Waals surface area contributed by atoms with Gasteiger partial charge in [0.1, 0.15) is 5.82 Å². The summed E-state index contributed by atoms with van der Waals surface area (Å²) < 4.78 is 67.4. The molecule has 6 nitrogen and oxygen atoms in total. The van der Waals surface area contributed by atoms with Crippen LogP contribution in [0, 0.1) is 5.92 Å². The third-order valence-corrected chi connectivity index (χ3v) is 7.17. The molecule has 0 bridgehead atoms. The number of fused-ring (bicyclic) bond motifs is 1. The van der Waals surface area contributed by atoms with E-state index in [0.29, 0.717) is 37.4 Å². The SMILES string of the molecule is CCCn1c(CN2CCC[C@H](C(F)(F)F)C2)nc2cc(S(=O)(=O)N(C)C)ccc21. The highest BCUT2D eigenvalue weighted by Gasteiger charge is 2.41. The molecule has 3 rings (SSSR count). The van der Waals surface area contributed by atoms with Gasteiger partial charge in [-0.05, 0) is 44.0 Å². The number of halogens is 3. The van der Waals surface area contributed by atoms with E-state index in [9.17, 15) is 21.6 Å². The minimum Gasteiger partial charge on any atom is -0.327 e. The van der Waals surface area contributed by atoms with Crippen LogP contribution in [0.3, 0.4) is 0 Å². The van der Waals surface area contributed by atoms with E-state index in [-0.39, 0.29) is 17.9 Å². The fourth-order valence-corrected chi connectivity index (χ4v) is 4.71. The van der Waals surface area contributed by atoms with Gasteiger partial charge in [-0.1, -0.05) is 6.92 Å². The van der Waals surface area contributed by atoms with Crippen molar-refractivity contribution < 1.29 is 21.6 Å². The van der Waals surface area contributed by atoms with Crippen molar-refractivity contribution in [3.05, 3.63) is 24.0 Å². The van der Waals surface area contributed by atoms with Crippen molar-refractivity contribution in [1.82, 2.24) is 18.8 Å². The number of aromatic nitrogens is 2. The monoisotopic (exact) mass is 432 g/mol. The molecule has 1 aromatic heterocycles. The lowest BCUT2D eigenvalue weighted by atomic mass is 9.97. The summed E-state index contributed by atoms with van der Waals surface area (Å²) in [5, 5.41) is 0. The Morgan fingerprint density at radius 1 is 1.28 bits per heavy atom. The van der Waals surface area contributed by atoms with Gasteiger partial charge in [-0.15, -0.1) is 0 Å². The summed E-state index contributed by atoms with van der Waals surface area (Å²) in [6.45, 7) is 3.57. The number of nitrogens with zero attached hydrogens (tertiary/aromatic N) is 4. The minimum atomic E-state index is -4.18. The lowest BCUT2D eigenvalue weighted by Crippen LogP contribution is -2.41. The maximum atomic E-state index is 13.1. The van der Waals surface area contributed by atoms with Gasteiger partial charge in [0.2, 0.25) is 10.0 Å². The molecule has 1 aliphatic rings. The van der Waals surface area contributed by atoms with Crippen LogP contribution < -0.4 is 0 Å². The standard InChI is InChI=1S/C19H27F3N4O2S/c1-4-9-26-17-8-7-15(29(27,28)24(2)3)11-16(17)23-18(26)13-25-10-5-6-14(12-25)19(20,21)22/h7-8,11,14H,4-6,9-10,12-13H2,1-3H3/t14-/m0/s1. The number of imidazole rings is 1. The average molecular weight is 433 g/mol. The maximum Gasteiger partial charge on any atom is 0.393 e. The number of aryl methyl sites for hydroxylation is 1. The van der Waals surface area contributed by atoms with Crippen molar-refractivity contribution in [3.8, 4) is 0 Å². The molecule has 0 aliphatic carbocycles. The van der Waals surface area contributed by atoms with Crippen LogP contribution in [-0.2, 0) is 23.1 Å². The summed E-state index contributed by atoms with van der Waals surface area (Å²) in [6, 6.07) is 4.82. The largest absolute Gasteiger partial charge is 0.393 e. The summed E-state index contributed by atoms with van der Waals surface area (Å²) in [5.74, 6) is -0.638. The molecule has 1 aromatic carbocycles. The van der Waals surface area contributed by atoms with Crippen molar-refractivity contribution in [2.45, 2.75) is 50.3 Å². The molecular weight excluding hydrogens is 405 g/mol. The molecular formula is C19H27F3N4O2S. The summed E-state index contributed by atoms with van der Waals surface area (Å²) in [7, 11) is -0.654. The number of hydrogen-bond acceptors (Lipinski definition) is 4. The molecule has 1 atom stereocenters. The second-order valence-corrected chi connectivity index (χ2v) is 9.89. The van der Waals surface area contributed by atoms with E-state index in [4.69, 9.17) is 0 Å². The second kappa shape index (κ2) is 8.23. The third-order valence-electron chi connectivity index (χ3n) is 5.36. The van der Waals surface area contributed by atoms with Crippen molar-refractivity contribution >= 4 is 21.1 Å². The summed E-state index contributed by atoms with van der Waals surface area (Å²) in [4.78, 5) is 6.55. The fourth-order valence-electron chi connectivity index (χ4n) is 3.79. The average Bonchev–Trinajstić information content (AvgIpc) is 2.98. The Morgan fingerprint density at radius 2 is 2.00 bits per heavy atom. The molecule has 10 heteroatoms. The van der Waals surface area contributed by atoms with E-state index in [2.05, 4.69) is 4.98 Å². The van der Waals surface area contributed by atoms with Gasteiger partial charge in [0.15, 0.2) is 0 Å². The highest BCUT2D eigenvalue weighted by molar-refractivity contribution is 7.89. The molecule has 2 aromatic rings. The highest BCUT2D eigenvalue weighted by Crippen LogP contribution is 2.33. The van der Waals surface area contributed by atoms with Crippen LogP contribution in [0.1, 0.15) is 32.0 Å². The first-order chi connectivity index (χ1) is 13.5. The van der Waals surface area contributed by atoms with Gasteiger partial charge in [-0.25, -0.2) is 17.7 Å². The second-order valence-electron chi connectivity index (χ2n) is 7.73. The summed E-state index contributed by atoms with van der Waals surface area (Å²) in [5.41, 5.74) is 1.34. The number of hydrogen-bond donors (Lipinski definition) is 0. The molecule has 0 N–H and O–H groups in total. The van der Waals surface area contributed by atoms with Gasteiger partial charge in [0, 0.05) is 27.2 Å². The first kappa shape index (κ1) is 22.0. The predicted molar refractivity (Wildman–Crippen MR) is 105 cm³/mol. The molecule has 0 unspecified atom stereocenters. The normalized spacial score (nSPS) is 19.3. The molecule has 162 valence electrons. The first-order valence-corrected chi connectivity index (χ1v) is 11.2. The van der Waals surface area contributed by atoms with Crippen LogP contribution in [0.15, 0.2) is 23.1 Å². The number of piperidine rings is 1. The van der Waals surface area contributed by atoms with E-state index in [1.54, 1.807) is 17.0 Å². The smallest absolute Gasteiger partial charge is 0.327 e. The summed E-state index contributed by atoms with van der Waals surface area (Å²) in [6.07, 6.45) is -2.68. The van der Waals surface area contributed by atoms with E-state index in [0.717, 1.165) is 16.2 Å². The van der Waals surface area contributed by atoms with Crippen molar-refractivity contribution in [2.24, 2.45) is 5.92 Å². The minimum absolute atomic E-state index is 0.0287. The van der Waals surface area contributed by atoms with E-state index < -0.39 is 22.1 Å². The van der Waals surface area contributed by atoms with Crippen LogP contribution in [0.4, 0.5) is 13.2 Å². The molecule has 1 saturated heterocycles. The Morgan fingerprint density at radius 3 is 2.62 bits per heavy atom. The van der Waals surface area contributed by atoms with Crippen molar-refractivity contribution in [2.75, 3.05) is 27.2 Å².